The van der Waals surface area contributed by atoms with Crippen molar-refractivity contribution in [1.29, 1.82) is 0 Å². The van der Waals surface area contributed by atoms with E-state index < -0.39 is 0 Å². The molecule has 0 bridgehead atoms. The fourth-order valence-corrected chi connectivity index (χ4v) is 3.01. The normalized spacial score (nSPS) is 14.8. The summed E-state index contributed by atoms with van der Waals surface area (Å²) < 4.78 is 0. The Labute approximate surface area is 164 Å². The molecule has 142 valence electrons. The maximum absolute atomic E-state index is 12.7. The Bertz CT molecular complexity index is 675. The minimum atomic E-state index is -0.134. The number of halogens is 1. The standard InChI is InChI=1S/C18H25ClN4O2S/c1-3-4-5-16(24)21-18(26)20-15-12-13(6-7-14(15)19)17(25)23-10-8-22(2)9-11-23/h6-7,12H,3-5,8-11H2,1-2H3,(H2,20,21,24,26). The number of nitrogens with one attached hydrogen (secondary N) is 2. The minimum absolute atomic E-state index is 0.0317. The fraction of sp³-hybridized carbons (Fsp3) is 0.500. The Kier molecular flexibility index (Phi) is 7.81. The van der Waals surface area contributed by atoms with Crippen molar-refractivity contribution in [3.05, 3.63) is 28.8 Å². The monoisotopic (exact) mass is 396 g/mol. The largest absolute Gasteiger partial charge is 0.336 e. The van der Waals surface area contributed by atoms with Gasteiger partial charge in [0.15, 0.2) is 5.11 Å². The lowest BCUT2D eigenvalue weighted by Gasteiger charge is -2.32. The van der Waals surface area contributed by atoms with E-state index in [-0.39, 0.29) is 16.9 Å². The van der Waals surface area contributed by atoms with E-state index in [0.717, 1.165) is 25.9 Å². The van der Waals surface area contributed by atoms with Crippen LogP contribution in [-0.2, 0) is 4.79 Å². The van der Waals surface area contributed by atoms with E-state index in [1.54, 1.807) is 18.2 Å². The highest BCUT2D eigenvalue weighted by Gasteiger charge is 2.21. The average molecular weight is 397 g/mol. The van der Waals surface area contributed by atoms with E-state index in [2.05, 4.69) is 15.5 Å². The smallest absolute Gasteiger partial charge is 0.254 e. The van der Waals surface area contributed by atoms with Gasteiger partial charge in [0.05, 0.1) is 10.7 Å². The third kappa shape index (κ3) is 5.93. The quantitative estimate of drug-likeness (QED) is 0.749. The number of thiocarbonyl (C=S) groups is 1. The predicted molar refractivity (Wildman–Crippen MR) is 109 cm³/mol. The highest BCUT2D eigenvalue weighted by molar-refractivity contribution is 7.80. The maximum Gasteiger partial charge on any atom is 0.254 e. The number of hydrogen-bond donors (Lipinski definition) is 2. The zero-order valence-corrected chi connectivity index (χ0v) is 16.8. The molecule has 1 heterocycles. The van der Waals surface area contributed by atoms with Crippen LogP contribution in [0.4, 0.5) is 5.69 Å². The number of unbranched alkanes of at least 4 members (excludes halogenated alkanes) is 1. The predicted octanol–water partition coefficient (Wildman–Crippen LogP) is 2.73. The van der Waals surface area contributed by atoms with Crippen molar-refractivity contribution >= 4 is 46.4 Å². The first-order chi connectivity index (χ1) is 12.4. The molecular weight excluding hydrogens is 372 g/mol. The second-order valence-corrected chi connectivity index (χ2v) is 7.21. The summed E-state index contributed by atoms with van der Waals surface area (Å²) in [4.78, 5) is 28.5. The average Bonchev–Trinajstić information content (AvgIpc) is 2.61. The molecule has 1 aliphatic heterocycles. The highest BCUT2D eigenvalue weighted by Crippen LogP contribution is 2.24. The zero-order chi connectivity index (χ0) is 19.1. The van der Waals surface area contributed by atoms with Crippen molar-refractivity contribution in [3.8, 4) is 0 Å². The van der Waals surface area contributed by atoms with Gasteiger partial charge in [0.1, 0.15) is 0 Å². The number of piperazine rings is 1. The molecule has 8 heteroatoms. The van der Waals surface area contributed by atoms with Gasteiger partial charge in [-0.2, -0.15) is 0 Å². The number of anilines is 1. The number of hydrogen-bond acceptors (Lipinski definition) is 4. The van der Waals surface area contributed by atoms with Crippen molar-refractivity contribution < 1.29 is 9.59 Å². The van der Waals surface area contributed by atoms with Gasteiger partial charge in [0.25, 0.3) is 5.91 Å². The second-order valence-electron chi connectivity index (χ2n) is 6.40. The summed E-state index contributed by atoms with van der Waals surface area (Å²) in [6.45, 7) is 5.14. The van der Waals surface area contributed by atoms with Gasteiger partial charge < -0.3 is 20.4 Å². The first kappa shape index (κ1) is 20.6. The van der Waals surface area contributed by atoms with Gasteiger partial charge in [-0.3, -0.25) is 9.59 Å². The molecule has 1 aromatic rings. The summed E-state index contributed by atoms with van der Waals surface area (Å²) in [5.41, 5.74) is 1.05. The Hall–Kier alpha value is -1.70. The van der Waals surface area contributed by atoms with Crippen LogP contribution < -0.4 is 10.6 Å². The Balaban J connectivity index is 2.01. The lowest BCUT2D eigenvalue weighted by Crippen LogP contribution is -2.47. The number of nitrogens with zero attached hydrogens (tertiary/aromatic N) is 2. The number of carbonyl (C=O) groups excluding carboxylic acids is 2. The molecule has 1 aromatic carbocycles. The number of likely N-dealkylation sites (N-methyl/N-ethyl adjacent to an activating group) is 1. The summed E-state index contributed by atoms with van der Waals surface area (Å²) >= 11 is 11.4. The molecule has 1 fully saturated rings. The van der Waals surface area contributed by atoms with Crippen molar-refractivity contribution in [2.24, 2.45) is 0 Å². The molecule has 1 aliphatic rings. The van der Waals surface area contributed by atoms with E-state index in [4.69, 9.17) is 23.8 Å². The molecular formula is C18H25ClN4O2S. The first-order valence-electron chi connectivity index (χ1n) is 8.79. The van der Waals surface area contributed by atoms with Crippen LogP contribution in [0.25, 0.3) is 0 Å². The molecule has 0 spiro atoms. The molecule has 26 heavy (non-hydrogen) atoms. The van der Waals surface area contributed by atoms with Crippen LogP contribution in [0.15, 0.2) is 18.2 Å². The number of carbonyl (C=O) groups is 2. The molecule has 0 atom stereocenters. The third-order valence-corrected chi connectivity index (χ3v) is 4.80. The van der Waals surface area contributed by atoms with Gasteiger partial charge in [-0.05, 0) is 43.9 Å². The van der Waals surface area contributed by atoms with E-state index >= 15 is 0 Å². The van der Waals surface area contributed by atoms with E-state index in [1.807, 2.05) is 18.9 Å². The number of rotatable bonds is 5. The first-order valence-corrected chi connectivity index (χ1v) is 9.57. The van der Waals surface area contributed by atoms with Crippen LogP contribution in [0.1, 0.15) is 36.5 Å². The molecule has 0 aliphatic carbocycles. The molecule has 0 aromatic heterocycles. The lowest BCUT2D eigenvalue weighted by atomic mass is 10.1. The van der Waals surface area contributed by atoms with Crippen LogP contribution in [0.5, 0.6) is 0 Å². The van der Waals surface area contributed by atoms with Crippen molar-refractivity contribution in [3.63, 3.8) is 0 Å². The van der Waals surface area contributed by atoms with Crippen LogP contribution in [0.3, 0.4) is 0 Å². The SMILES string of the molecule is CCCCC(=O)NC(=S)Nc1cc(C(=O)N2CCN(C)CC2)ccc1Cl. The maximum atomic E-state index is 12.7. The van der Waals surface area contributed by atoms with Crippen LogP contribution >= 0.6 is 23.8 Å². The van der Waals surface area contributed by atoms with E-state index in [1.165, 1.54) is 0 Å². The van der Waals surface area contributed by atoms with Gasteiger partial charge in [-0.25, -0.2) is 0 Å². The zero-order valence-electron chi connectivity index (χ0n) is 15.2. The number of benzene rings is 1. The highest BCUT2D eigenvalue weighted by atomic mass is 35.5. The van der Waals surface area contributed by atoms with Crippen molar-refractivity contribution in [2.45, 2.75) is 26.2 Å². The van der Waals surface area contributed by atoms with Crippen LogP contribution in [-0.4, -0.2) is 60.0 Å². The Morgan fingerprint density at radius 2 is 1.92 bits per heavy atom. The summed E-state index contributed by atoms with van der Waals surface area (Å²) in [5, 5.41) is 6.15. The fourth-order valence-electron chi connectivity index (χ4n) is 2.63. The molecule has 2 amide bonds. The summed E-state index contributed by atoms with van der Waals surface area (Å²) in [7, 11) is 2.04. The summed E-state index contributed by atoms with van der Waals surface area (Å²) in [6, 6.07) is 5.04. The van der Waals surface area contributed by atoms with Crippen molar-refractivity contribution in [2.75, 3.05) is 38.5 Å². The van der Waals surface area contributed by atoms with Crippen LogP contribution in [0, 0.1) is 0 Å². The lowest BCUT2D eigenvalue weighted by molar-refractivity contribution is -0.119. The molecule has 0 radical (unpaired) electrons. The van der Waals surface area contributed by atoms with Crippen molar-refractivity contribution in [1.82, 2.24) is 15.1 Å². The Morgan fingerprint density at radius 3 is 2.58 bits per heavy atom. The summed E-state index contributed by atoms with van der Waals surface area (Å²) in [5.74, 6) is -0.166. The van der Waals surface area contributed by atoms with Gasteiger partial charge in [0, 0.05) is 38.2 Å². The second kappa shape index (κ2) is 9.85. The molecule has 1 saturated heterocycles. The van der Waals surface area contributed by atoms with Gasteiger partial charge >= 0.3 is 0 Å². The molecule has 2 rings (SSSR count). The third-order valence-electron chi connectivity index (χ3n) is 4.26. The van der Waals surface area contributed by atoms with Gasteiger partial charge in [-0.1, -0.05) is 24.9 Å². The summed E-state index contributed by atoms with van der Waals surface area (Å²) in [6.07, 6.45) is 2.17. The van der Waals surface area contributed by atoms with Gasteiger partial charge in [-0.15, -0.1) is 0 Å². The minimum Gasteiger partial charge on any atom is -0.336 e. The molecule has 2 N–H and O–H groups in total. The number of amides is 2. The van der Waals surface area contributed by atoms with Gasteiger partial charge in [0.2, 0.25) is 5.91 Å². The van der Waals surface area contributed by atoms with E-state index in [9.17, 15) is 9.59 Å². The molecule has 6 nitrogen and oxygen atoms in total. The Morgan fingerprint density at radius 1 is 1.23 bits per heavy atom. The van der Waals surface area contributed by atoms with Crippen LogP contribution in [0.2, 0.25) is 5.02 Å². The van der Waals surface area contributed by atoms with E-state index in [0.29, 0.717) is 35.8 Å². The molecule has 0 unspecified atom stereocenters. The molecule has 0 saturated carbocycles. The topological polar surface area (TPSA) is 64.7 Å².